The van der Waals surface area contributed by atoms with E-state index in [9.17, 15) is 20.0 Å². The zero-order chi connectivity index (χ0) is 15.1. The number of carboxylic acids is 1. The lowest BCUT2D eigenvalue weighted by Crippen LogP contribution is -2.33. The Morgan fingerprint density at radius 1 is 1.48 bits per heavy atom. The molecule has 21 heavy (non-hydrogen) atoms. The molecule has 1 aromatic carbocycles. The number of hydrogen-bond acceptors (Lipinski definition) is 5. The van der Waals surface area contributed by atoms with Gasteiger partial charge in [0.1, 0.15) is 5.69 Å². The van der Waals surface area contributed by atoms with Crippen molar-refractivity contribution in [1.29, 1.82) is 5.26 Å². The molecular formula is C14H13N3O4. The van der Waals surface area contributed by atoms with Gasteiger partial charge in [0.15, 0.2) is 0 Å². The normalized spacial score (nSPS) is 26.6. The largest absolute Gasteiger partial charge is 0.481 e. The van der Waals surface area contributed by atoms with Crippen LogP contribution >= 0.6 is 0 Å². The van der Waals surface area contributed by atoms with E-state index in [0.717, 1.165) is 12.8 Å². The molecule has 3 atom stereocenters. The van der Waals surface area contributed by atoms with E-state index in [1.165, 1.54) is 18.2 Å². The smallest absolute Gasteiger partial charge is 0.308 e. The van der Waals surface area contributed by atoms with Crippen molar-refractivity contribution in [3.05, 3.63) is 33.9 Å². The summed E-state index contributed by atoms with van der Waals surface area (Å²) in [6, 6.07) is 5.98. The van der Waals surface area contributed by atoms with Crippen molar-refractivity contribution in [2.24, 2.45) is 5.92 Å². The first kappa shape index (κ1) is 13.4. The molecule has 1 N–H and O–H groups in total. The van der Waals surface area contributed by atoms with E-state index in [1.807, 2.05) is 11.0 Å². The second kappa shape index (κ2) is 4.74. The van der Waals surface area contributed by atoms with Crippen LogP contribution in [0.1, 0.15) is 24.8 Å². The zero-order valence-electron chi connectivity index (χ0n) is 11.1. The molecule has 2 fully saturated rings. The van der Waals surface area contributed by atoms with Crippen molar-refractivity contribution in [1.82, 2.24) is 0 Å². The van der Waals surface area contributed by atoms with Crippen LogP contribution in [-0.4, -0.2) is 28.1 Å². The topological polar surface area (TPSA) is 107 Å². The summed E-state index contributed by atoms with van der Waals surface area (Å²) >= 11 is 0. The van der Waals surface area contributed by atoms with Gasteiger partial charge in [0.05, 0.1) is 22.5 Å². The fourth-order valence-electron chi connectivity index (χ4n) is 3.58. The maximum atomic E-state index is 11.3. The van der Waals surface area contributed by atoms with Gasteiger partial charge in [-0.15, -0.1) is 0 Å². The second-order valence-corrected chi connectivity index (χ2v) is 5.46. The van der Waals surface area contributed by atoms with E-state index in [1.54, 1.807) is 0 Å². The highest BCUT2D eigenvalue weighted by atomic mass is 16.6. The van der Waals surface area contributed by atoms with Gasteiger partial charge in [-0.05, 0) is 31.4 Å². The number of fused-ring (bicyclic) bond motifs is 2. The third-order valence-electron chi connectivity index (χ3n) is 4.43. The Balaban J connectivity index is 2.07. The first-order chi connectivity index (χ1) is 10.0. The van der Waals surface area contributed by atoms with Gasteiger partial charge in [-0.25, -0.2) is 0 Å². The minimum Gasteiger partial charge on any atom is -0.481 e. The highest BCUT2D eigenvalue weighted by Crippen LogP contribution is 2.47. The summed E-state index contributed by atoms with van der Waals surface area (Å²) in [7, 11) is 0. The van der Waals surface area contributed by atoms with E-state index in [0.29, 0.717) is 17.7 Å². The van der Waals surface area contributed by atoms with Crippen LogP contribution in [0.15, 0.2) is 18.2 Å². The summed E-state index contributed by atoms with van der Waals surface area (Å²) in [5.41, 5.74) is 0.640. The lowest BCUT2D eigenvalue weighted by Gasteiger charge is -2.25. The predicted octanol–water partition coefficient (Wildman–Crippen LogP) is 1.91. The molecule has 1 aromatic rings. The number of benzene rings is 1. The number of aliphatic carboxylic acids is 1. The molecule has 0 amide bonds. The van der Waals surface area contributed by atoms with Crippen molar-refractivity contribution in [2.45, 2.75) is 31.3 Å². The van der Waals surface area contributed by atoms with E-state index in [4.69, 9.17) is 5.26 Å². The van der Waals surface area contributed by atoms with Gasteiger partial charge in [0.2, 0.25) is 0 Å². The minimum absolute atomic E-state index is 0.00347. The Morgan fingerprint density at radius 2 is 2.24 bits per heavy atom. The monoisotopic (exact) mass is 287 g/mol. The number of carbonyl (C=O) groups is 1. The lowest BCUT2D eigenvalue weighted by atomic mass is 9.89. The number of carboxylic acid groups (broad SMARTS) is 1. The summed E-state index contributed by atoms with van der Waals surface area (Å²) in [5, 5.41) is 29.5. The van der Waals surface area contributed by atoms with Crippen LogP contribution in [0, 0.1) is 27.4 Å². The molecule has 108 valence electrons. The number of nitriles is 1. The van der Waals surface area contributed by atoms with E-state index in [2.05, 4.69) is 0 Å². The first-order valence-corrected chi connectivity index (χ1v) is 6.72. The number of anilines is 1. The van der Waals surface area contributed by atoms with Crippen LogP contribution in [0.2, 0.25) is 0 Å². The quantitative estimate of drug-likeness (QED) is 0.672. The van der Waals surface area contributed by atoms with Crippen molar-refractivity contribution >= 4 is 17.3 Å². The number of nitro groups is 1. The molecule has 7 nitrogen and oxygen atoms in total. The average molecular weight is 287 g/mol. The zero-order valence-corrected chi connectivity index (χ0v) is 11.1. The summed E-state index contributed by atoms with van der Waals surface area (Å²) in [6.45, 7) is 0. The van der Waals surface area contributed by atoms with Crippen molar-refractivity contribution in [3.8, 4) is 6.07 Å². The van der Waals surface area contributed by atoms with Gasteiger partial charge < -0.3 is 10.0 Å². The molecule has 2 bridgehead atoms. The Hall–Kier alpha value is -2.62. The Labute approximate surface area is 120 Å². The van der Waals surface area contributed by atoms with Gasteiger partial charge in [0, 0.05) is 18.2 Å². The SMILES string of the molecule is N#Cc1ccc([N+](=O)[O-])c(N2C3CCC2C(C(=O)O)C3)c1. The molecule has 0 aliphatic carbocycles. The van der Waals surface area contributed by atoms with E-state index in [-0.39, 0.29) is 17.8 Å². The van der Waals surface area contributed by atoms with Gasteiger partial charge in [-0.2, -0.15) is 5.26 Å². The summed E-state index contributed by atoms with van der Waals surface area (Å²) in [6.07, 6.45) is 2.06. The molecule has 2 heterocycles. The fourth-order valence-corrected chi connectivity index (χ4v) is 3.58. The van der Waals surface area contributed by atoms with Crippen LogP contribution < -0.4 is 4.90 Å². The van der Waals surface area contributed by atoms with Crippen molar-refractivity contribution < 1.29 is 14.8 Å². The molecule has 2 saturated heterocycles. The third kappa shape index (κ3) is 2.00. The molecule has 3 unspecified atom stereocenters. The maximum Gasteiger partial charge on any atom is 0.308 e. The number of nitro benzene ring substituents is 1. The summed E-state index contributed by atoms with van der Waals surface area (Å²) < 4.78 is 0. The van der Waals surface area contributed by atoms with Crippen molar-refractivity contribution in [3.63, 3.8) is 0 Å². The fraction of sp³-hybridized carbons (Fsp3) is 0.429. The van der Waals surface area contributed by atoms with Crippen LogP contribution in [0.4, 0.5) is 11.4 Å². The highest BCUT2D eigenvalue weighted by molar-refractivity contribution is 5.76. The number of nitrogens with zero attached hydrogens (tertiary/aromatic N) is 3. The molecule has 0 aromatic heterocycles. The summed E-state index contributed by atoms with van der Waals surface area (Å²) in [5.74, 6) is -1.35. The van der Waals surface area contributed by atoms with Gasteiger partial charge in [-0.1, -0.05) is 0 Å². The van der Waals surface area contributed by atoms with Gasteiger partial charge in [-0.3, -0.25) is 14.9 Å². The van der Waals surface area contributed by atoms with Gasteiger partial charge in [0.25, 0.3) is 5.69 Å². The average Bonchev–Trinajstić information content (AvgIpc) is 3.03. The lowest BCUT2D eigenvalue weighted by molar-refractivity contribution is -0.384. The first-order valence-electron chi connectivity index (χ1n) is 6.72. The standard InChI is InChI=1S/C14H13N3O4/c15-7-8-1-3-12(17(20)21)13(5-8)16-9-2-4-11(16)10(6-9)14(18)19/h1,3,5,9-11H,2,4,6H2,(H,18,19). The Bertz CT molecular complexity index is 667. The molecule has 0 spiro atoms. The molecular weight excluding hydrogens is 274 g/mol. The van der Waals surface area contributed by atoms with E-state index >= 15 is 0 Å². The second-order valence-electron chi connectivity index (χ2n) is 5.46. The number of hydrogen-bond donors (Lipinski definition) is 1. The molecule has 0 radical (unpaired) electrons. The molecule has 7 heteroatoms. The van der Waals surface area contributed by atoms with E-state index < -0.39 is 16.8 Å². The molecule has 0 saturated carbocycles. The third-order valence-corrected chi connectivity index (χ3v) is 4.43. The van der Waals surface area contributed by atoms with Crippen LogP contribution in [0.3, 0.4) is 0 Å². The van der Waals surface area contributed by atoms with Crippen molar-refractivity contribution in [2.75, 3.05) is 4.90 Å². The minimum atomic E-state index is -0.855. The highest BCUT2D eigenvalue weighted by Gasteiger charge is 2.50. The molecule has 2 aliphatic heterocycles. The van der Waals surface area contributed by atoms with Crippen LogP contribution in [0.5, 0.6) is 0 Å². The van der Waals surface area contributed by atoms with Gasteiger partial charge >= 0.3 is 5.97 Å². The Morgan fingerprint density at radius 3 is 2.81 bits per heavy atom. The number of rotatable bonds is 3. The summed E-state index contributed by atoms with van der Waals surface area (Å²) in [4.78, 5) is 23.9. The predicted molar refractivity (Wildman–Crippen MR) is 72.8 cm³/mol. The van der Waals surface area contributed by atoms with Crippen LogP contribution in [0.25, 0.3) is 0 Å². The Kier molecular flexibility index (Phi) is 3.01. The maximum absolute atomic E-state index is 11.3. The molecule has 2 aliphatic rings. The van der Waals surface area contributed by atoms with Crippen LogP contribution in [-0.2, 0) is 4.79 Å². The molecule has 3 rings (SSSR count).